The second kappa shape index (κ2) is 5.53. The van der Waals surface area contributed by atoms with Crippen molar-refractivity contribution in [2.45, 2.75) is 46.2 Å². The lowest BCUT2D eigenvalue weighted by Crippen LogP contribution is -2.22. The molecule has 0 spiro atoms. The maximum absolute atomic E-state index is 11.2. The lowest BCUT2D eigenvalue weighted by molar-refractivity contribution is -0.121. The summed E-state index contributed by atoms with van der Waals surface area (Å²) < 4.78 is 1.89. The Morgan fingerprint density at radius 3 is 2.87 bits per heavy atom. The molecule has 84 valence electrons. The van der Waals surface area contributed by atoms with Gasteiger partial charge < -0.3 is 5.32 Å². The normalized spacial score (nSPS) is 10.7. The second-order valence-corrected chi connectivity index (χ2v) is 3.91. The molecule has 0 aliphatic heterocycles. The third kappa shape index (κ3) is 3.73. The molecule has 4 nitrogen and oxygen atoms in total. The molecule has 0 saturated heterocycles. The average molecular weight is 209 g/mol. The van der Waals surface area contributed by atoms with E-state index in [2.05, 4.69) is 24.3 Å². The van der Waals surface area contributed by atoms with Gasteiger partial charge in [-0.1, -0.05) is 6.92 Å². The molecular weight excluding hydrogens is 190 g/mol. The van der Waals surface area contributed by atoms with Crippen molar-refractivity contribution in [1.82, 2.24) is 15.1 Å². The zero-order valence-corrected chi connectivity index (χ0v) is 9.66. The van der Waals surface area contributed by atoms with Crippen LogP contribution in [0, 0.1) is 0 Å². The fourth-order valence-electron chi connectivity index (χ4n) is 1.26. The van der Waals surface area contributed by atoms with Crippen molar-refractivity contribution < 1.29 is 4.79 Å². The molecule has 1 aromatic rings. The molecule has 1 amide bonds. The van der Waals surface area contributed by atoms with Crippen LogP contribution in [0.5, 0.6) is 0 Å². The van der Waals surface area contributed by atoms with Crippen molar-refractivity contribution in [3.8, 4) is 0 Å². The molecule has 0 aliphatic carbocycles. The van der Waals surface area contributed by atoms with Gasteiger partial charge in [-0.2, -0.15) is 5.10 Å². The van der Waals surface area contributed by atoms with Crippen LogP contribution in [0.15, 0.2) is 12.3 Å². The van der Waals surface area contributed by atoms with Gasteiger partial charge in [0.15, 0.2) is 0 Å². The standard InChI is InChI=1S/C11H19N3O/c1-4-5-11(15)12-8-10-6-7-14(13-10)9(2)3/h6-7,9H,4-5,8H2,1-3H3,(H,12,15). The summed E-state index contributed by atoms with van der Waals surface area (Å²) in [5.74, 6) is 0.0941. The van der Waals surface area contributed by atoms with Crippen LogP contribution in [0.4, 0.5) is 0 Å². The number of rotatable bonds is 5. The van der Waals surface area contributed by atoms with Crippen molar-refractivity contribution in [2.75, 3.05) is 0 Å². The van der Waals surface area contributed by atoms with E-state index in [4.69, 9.17) is 0 Å². The Morgan fingerprint density at radius 1 is 1.60 bits per heavy atom. The number of hydrogen-bond donors (Lipinski definition) is 1. The van der Waals surface area contributed by atoms with E-state index < -0.39 is 0 Å². The summed E-state index contributed by atoms with van der Waals surface area (Å²) in [6.07, 6.45) is 3.41. The fraction of sp³-hybridized carbons (Fsp3) is 0.636. The summed E-state index contributed by atoms with van der Waals surface area (Å²) in [7, 11) is 0. The molecule has 4 heteroatoms. The average Bonchev–Trinajstić information content (AvgIpc) is 2.63. The van der Waals surface area contributed by atoms with Crippen LogP contribution in [0.25, 0.3) is 0 Å². The minimum atomic E-state index is 0.0941. The fourth-order valence-corrected chi connectivity index (χ4v) is 1.26. The van der Waals surface area contributed by atoms with Crippen LogP contribution in [-0.2, 0) is 11.3 Å². The summed E-state index contributed by atoms with van der Waals surface area (Å²) in [4.78, 5) is 11.2. The summed E-state index contributed by atoms with van der Waals surface area (Å²) in [6.45, 7) is 6.67. The lowest BCUT2D eigenvalue weighted by Gasteiger charge is -2.04. The van der Waals surface area contributed by atoms with E-state index in [0.717, 1.165) is 12.1 Å². The molecule has 0 unspecified atom stereocenters. The highest BCUT2D eigenvalue weighted by molar-refractivity contribution is 5.75. The van der Waals surface area contributed by atoms with E-state index in [1.54, 1.807) is 0 Å². The van der Waals surface area contributed by atoms with Gasteiger partial charge in [0.05, 0.1) is 12.2 Å². The summed E-state index contributed by atoms with van der Waals surface area (Å²) in [5.41, 5.74) is 0.910. The van der Waals surface area contributed by atoms with Crippen LogP contribution in [0.1, 0.15) is 45.3 Å². The first kappa shape index (κ1) is 11.8. The van der Waals surface area contributed by atoms with Crippen molar-refractivity contribution in [3.63, 3.8) is 0 Å². The minimum Gasteiger partial charge on any atom is -0.350 e. The molecule has 0 radical (unpaired) electrons. The van der Waals surface area contributed by atoms with Crippen LogP contribution < -0.4 is 5.32 Å². The molecule has 0 aromatic carbocycles. The highest BCUT2D eigenvalue weighted by Crippen LogP contribution is 2.03. The zero-order chi connectivity index (χ0) is 11.3. The molecular formula is C11H19N3O. The quantitative estimate of drug-likeness (QED) is 0.804. The van der Waals surface area contributed by atoms with Gasteiger partial charge in [-0.15, -0.1) is 0 Å². The maximum atomic E-state index is 11.2. The van der Waals surface area contributed by atoms with E-state index in [-0.39, 0.29) is 5.91 Å². The Hall–Kier alpha value is -1.32. The van der Waals surface area contributed by atoms with Crippen LogP contribution in [0.2, 0.25) is 0 Å². The molecule has 1 heterocycles. The van der Waals surface area contributed by atoms with E-state index in [1.807, 2.05) is 23.9 Å². The van der Waals surface area contributed by atoms with Crippen LogP contribution in [-0.4, -0.2) is 15.7 Å². The van der Waals surface area contributed by atoms with E-state index >= 15 is 0 Å². The Balaban J connectivity index is 2.41. The van der Waals surface area contributed by atoms with E-state index in [0.29, 0.717) is 19.0 Å². The number of nitrogens with zero attached hydrogens (tertiary/aromatic N) is 2. The number of amides is 1. The minimum absolute atomic E-state index is 0.0941. The Bertz CT molecular complexity index is 317. The van der Waals surface area contributed by atoms with Gasteiger partial charge in [0.2, 0.25) is 5.91 Å². The second-order valence-electron chi connectivity index (χ2n) is 3.91. The van der Waals surface area contributed by atoms with Crippen LogP contribution in [0.3, 0.4) is 0 Å². The molecule has 1 aromatic heterocycles. The van der Waals surface area contributed by atoms with Crippen molar-refractivity contribution >= 4 is 5.91 Å². The third-order valence-corrected chi connectivity index (χ3v) is 2.14. The SMILES string of the molecule is CCCC(=O)NCc1ccn(C(C)C)n1. The number of carbonyl (C=O) groups is 1. The maximum Gasteiger partial charge on any atom is 0.220 e. The summed E-state index contributed by atoms with van der Waals surface area (Å²) in [6, 6.07) is 2.30. The Labute approximate surface area is 90.7 Å². The van der Waals surface area contributed by atoms with Crippen molar-refractivity contribution in [2.24, 2.45) is 0 Å². The largest absolute Gasteiger partial charge is 0.350 e. The molecule has 1 rings (SSSR count). The van der Waals surface area contributed by atoms with Gasteiger partial charge in [-0.3, -0.25) is 9.48 Å². The van der Waals surface area contributed by atoms with E-state index in [9.17, 15) is 4.79 Å². The van der Waals surface area contributed by atoms with Gasteiger partial charge >= 0.3 is 0 Å². The van der Waals surface area contributed by atoms with Crippen LogP contribution >= 0.6 is 0 Å². The van der Waals surface area contributed by atoms with Gasteiger partial charge in [-0.25, -0.2) is 0 Å². The van der Waals surface area contributed by atoms with Crippen molar-refractivity contribution in [1.29, 1.82) is 0 Å². The molecule has 0 atom stereocenters. The first-order valence-corrected chi connectivity index (χ1v) is 5.44. The molecule has 0 saturated carbocycles. The molecule has 0 fully saturated rings. The molecule has 0 bridgehead atoms. The summed E-state index contributed by atoms with van der Waals surface area (Å²) >= 11 is 0. The van der Waals surface area contributed by atoms with Gasteiger partial charge in [0.25, 0.3) is 0 Å². The number of hydrogen-bond acceptors (Lipinski definition) is 2. The third-order valence-electron chi connectivity index (χ3n) is 2.14. The smallest absolute Gasteiger partial charge is 0.220 e. The highest BCUT2D eigenvalue weighted by Gasteiger charge is 2.03. The predicted molar refractivity (Wildman–Crippen MR) is 59.4 cm³/mol. The Morgan fingerprint density at radius 2 is 2.33 bits per heavy atom. The first-order valence-electron chi connectivity index (χ1n) is 5.44. The number of aromatic nitrogens is 2. The highest BCUT2D eigenvalue weighted by atomic mass is 16.1. The van der Waals surface area contributed by atoms with Crippen molar-refractivity contribution in [3.05, 3.63) is 18.0 Å². The molecule has 15 heavy (non-hydrogen) atoms. The summed E-state index contributed by atoms with van der Waals surface area (Å²) in [5, 5.41) is 7.18. The van der Waals surface area contributed by atoms with Gasteiger partial charge in [0.1, 0.15) is 0 Å². The monoisotopic (exact) mass is 209 g/mol. The number of carbonyl (C=O) groups excluding carboxylic acids is 1. The molecule has 1 N–H and O–H groups in total. The Kier molecular flexibility index (Phi) is 4.34. The van der Waals surface area contributed by atoms with Gasteiger partial charge in [-0.05, 0) is 26.3 Å². The molecule has 0 aliphatic rings. The predicted octanol–water partition coefficient (Wildman–Crippen LogP) is 1.88. The zero-order valence-electron chi connectivity index (χ0n) is 9.66. The van der Waals surface area contributed by atoms with Gasteiger partial charge in [0, 0.05) is 18.7 Å². The topological polar surface area (TPSA) is 46.9 Å². The van der Waals surface area contributed by atoms with E-state index in [1.165, 1.54) is 0 Å². The lowest BCUT2D eigenvalue weighted by atomic mass is 10.3. The first-order chi connectivity index (χ1) is 7.13. The number of nitrogens with one attached hydrogen (secondary N) is 1.